The van der Waals surface area contributed by atoms with Crippen molar-refractivity contribution in [1.29, 1.82) is 0 Å². The van der Waals surface area contributed by atoms with Gasteiger partial charge in [-0.1, -0.05) is 19.9 Å². The Labute approximate surface area is 68.1 Å². The fourth-order valence-corrected chi connectivity index (χ4v) is 0.913. The fraction of sp³-hybridized carbons (Fsp3) is 0.750. The summed E-state index contributed by atoms with van der Waals surface area (Å²) in [6.45, 7) is 6.11. The molecule has 0 aromatic rings. The Bertz CT molecular complexity index is 113. The largest absolute Gasteiger partial charge is 0.182 e. The number of rotatable bonds is 6. The van der Waals surface area contributed by atoms with Crippen LogP contribution in [-0.4, -0.2) is 28.3 Å². The molecule has 0 aliphatic rings. The van der Waals surface area contributed by atoms with Crippen molar-refractivity contribution < 1.29 is 15.2 Å². The first-order chi connectivity index (χ1) is 5.12. The van der Waals surface area contributed by atoms with Crippen LogP contribution in [0.15, 0.2) is 12.7 Å². The maximum Gasteiger partial charge on any atom is 0.160 e. The van der Waals surface area contributed by atoms with Crippen LogP contribution >= 0.6 is 0 Å². The second kappa shape index (κ2) is 5.29. The SMILES string of the molecule is C=CC[N+](O)(O)CCCCC. The van der Waals surface area contributed by atoms with E-state index in [9.17, 15) is 0 Å². The normalized spacial score (nSPS) is 11.5. The Balaban J connectivity index is 3.45. The van der Waals surface area contributed by atoms with Gasteiger partial charge in [0, 0.05) is 6.42 Å². The maximum absolute atomic E-state index is 9.16. The van der Waals surface area contributed by atoms with Crippen LogP contribution in [0.1, 0.15) is 26.2 Å². The molecule has 0 radical (unpaired) electrons. The minimum atomic E-state index is -0.913. The Morgan fingerprint density at radius 2 is 2.00 bits per heavy atom. The number of hydrogen-bond acceptors (Lipinski definition) is 2. The van der Waals surface area contributed by atoms with E-state index in [1.165, 1.54) is 6.08 Å². The monoisotopic (exact) mass is 160 g/mol. The van der Waals surface area contributed by atoms with Crippen molar-refractivity contribution in [2.24, 2.45) is 0 Å². The fourth-order valence-electron chi connectivity index (χ4n) is 0.913. The molecule has 66 valence electrons. The topological polar surface area (TPSA) is 40.5 Å². The van der Waals surface area contributed by atoms with Gasteiger partial charge in [0.15, 0.2) is 6.54 Å². The van der Waals surface area contributed by atoms with Crippen molar-refractivity contribution in [3.8, 4) is 0 Å². The van der Waals surface area contributed by atoms with E-state index < -0.39 is 4.81 Å². The molecule has 0 amide bonds. The summed E-state index contributed by atoms with van der Waals surface area (Å²) in [6, 6.07) is 0. The zero-order chi connectivity index (χ0) is 8.74. The third kappa shape index (κ3) is 6.04. The van der Waals surface area contributed by atoms with Crippen LogP contribution in [0.2, 0.25) is 0 Å². The summed E-state index contributed by atoms with van der Waals surface area (Å²) in [5.41, 5.74) is 0. The second-order valence-corrected chi connectivity index (χ2v) is 2.78. The van der Waals surface area contributed by atoms with E-state index in [2.05, 4.69) is 13.5 Å². The predicted octanol–water partition coefficient (Wildman–Crippen LogP) is 1.96. The van der Waals surface area contributed by atoms with E-state index in [-0.39, 0.29) is 6.54 Å². The van der Waals surface area contributed by atoms with Crippen LogP contribution in [0.5, 0.6) is 0 Å². The molecule has 0 aromatic carbocycles. The van der Waals surface area contributed by atoms with Gasteiger partial charge in [-0.2, -0.15) is 10.4 Å². The Hall–Kier alpha value is -0.380. The Kier molecular flexibility index (Phi) is 5.11. The van der Waals surface area contributed by atoms with E-state index in [1.54, 1.807) is 0 Å². The lowest BCUT2D eigenvalue weighted by Gasteiger charge is -2.19. The first kappa shape index (κ1) is 10.6. The van der Waals surface area contributed by atoms with Crippen LogP contribution in [0.3, 0.4) is 0 Å². The van der Waals surface area contributed by atoms with Crippen LogP contribution in [0, 0.1) is 0 Å². The van der Waals surface area contributed by atoms with Gasteiger partial charge in [0.25, 0.3) is 0 Å². The molecule has 0 saturated carbocycles. The molecule has 0 aliphatic heterocycles. The molecule has 0 rings (SSSR count). The van der Waals surface area contributed by atoms with Crippen molar-refractivity contribution in [1.82, 2.24) is 0 Å². The van der Waals surface area contributed by atoms with Gasteiger partial charge in [-0.25, -0.2) is 0 Å². The lowest BCUT2D eigenvalue weighted by Crippen LogP contribution is -2.41. The predicted molar refractivity (Wildman–Crippen MR) is 43.3 cm³/mol. The zero-order valence-corrected chi connectivity index (χ0v) is 7.16. The molecule has 11 heavy (non-hydrogen) atoms. The van der Waals surface area contributed by atoms with Crippen LogP contribution in [-0.2, 0) is 0 Å². The van der Waals surface area contributed by atoms with Crippen molar-refractivity contribution in [2.45, 2.75) is 26.2 Å². The highest BCUT2D eigenvalue weighted by atomic mass is 16.8. The summed E-state index contributed by atoms with van der Waals surface area (Å²) in [5.74, 6) is 0. The smallest absolute Gasteiger partial charge is 0.160 e. The highest BCUT2D eigenvalue weighted by Crippen LogP contribution is 2.02. The minimum absolute atomic E-state index is 0.198. The van der Waals surface area contributed by atoms with Crippen molar-refractivity contribution in [3.05, 3.63) is 12.7 Å². The van der Waals surface area contributed by atoms with Gasteiger partial charge in [-0.3, -0.25) is 0 Å². The Morgan fingerprint density at radius 1 is 1.36 bits per heavy atom. The van der Waals surface area contributed by atoms with Gasteiger partial charge in [0.05, 0.1) is 0 Å². The molecule has 0 fully saturated rings. The van der Waals surface area contributed by atoms with Crippen LogP contribution < -0.4 is 0 Å². The van der Waals surface area contributed by atoms with E-state index in [0.717, 1.165) is 19.3 Å². The second-order valence-electron chi connectivity index (χ2n) is 2.78. The lowest BCUT2D eigenvalue weighted by molar-refractivity contribution is -1.24. The minimum Gasteiger partial charge on any atom is -0.182 e. The molecule has 0 saturated heterocycles. The first-order valence-corrected chi connectivity index (χ1v) is 4.06. The summed E-state index contributed by atoms with van der Waals surface area (Å²) in [4.78, 5) is -0.913. The molecule has 0 unspecified atom stereocenters. The van der Waals surface area contributed by atoms with E-state index in [4.69, 9.17) is 10.4 Å². The van der Waals surface area contributed by atoms with Crippen LogP contribution in [0.25, 0.3) is 0 Å². The van der Waals surface area contributed by atoms with E-state index >= 15 is 0 Å². The summed E-state index contributed by atoms with van der Waals surface area (Å²) in [6.07, 6.45) is 4.48. The molecule has 0 aromatic heterocycles. The Morgan fingerprint density at radius 3 is 2.45 bits per heavy atom. The molecule has 0 heterocycles. The summed E-state index contributed by atoms with van der Waals surface area (Å²) in [7, 11) is 0. The standard InChI is InChI=1S/C8H18NO2/c1-3-5-6-8-9(10,11)7-4-2/h4,10-11H,2-3,5-8H2,1H3/q+1. The third-order valence-electron chi connectivity index (χ3n) is 1.54. The molecule has 0 aliphatic carbocycles. The molecule has 0 atom stereocenters. The van der Waals surface area contributed by atoms with Gasteiger partial charge in [0.2, 0.25) is 0 Å². The number of unbranched alkanes of at least 4 members (excludes halogenated alkanes) is 2. The van der Waals surface area contributed by atoms with Crippen molar-refractivity contribution in [3.63, 3.8) is 0 Å². The quantitative estimate of drug-likeness (QED) is 0.270. The van der Waals surface area contributed by atoms with Gasteiger partial charge in [-0.05, 0) is 17.3 Å². The van der Waals surface area contributed by atoms with Crippen molar-refractivity contribution in [2.75, 3.05) is 13.1 Å². The zero-order valence-electron chi connectivity index (χ0n) is 7.16. The number of nitrogens with zero attached hydrogens (tertiary/aromatic N) is 1. The molecule has 2 N–H and O–H groups in total. The molecule has 0 bridgehead atoms. The van der Waals surface area contributed by atoms with Gasteiger partial charge < -0.3 is 0 Å². The molecular weight excluding hydrogens is 142 g/mol. The van der Waals surface area contributed by atoms with E-state index in [1.807, 2.05) is 0 Å². The molecule has 3 heteroatoms. The van der Waals surface area contributed by atoms with Gasteiger partial charge in [-0.15, -0.1) is 0 Å². The molecule has 0 spiro atoms. The molecular formula is C8H18NO2+. The van der Waals surface area contributed by atoms with Gasteiger partial charge >= 0.3 is 0 Å². The average molecular weight is 160 g/mol. The van der Waals surface area contributed by atoms with Crippen LogP contribution in [0.4, 0.5) is 0 Å². The number of hydroxylamine groups is 4. The summed E-state index contributed by atoms with van der Waals surface area (Å²) in [5, 5.41) is 18.3. The summed E-state index contributed by atoms with van der Waals surface area (Å²) < 4.78 is 0. The number of quaternary nitrogens is 1. The maximum atomic E-state index is 9.16. The highest BCUT2D eigenvalue weighted by Gasteiger charge is 2.18. The first-order valence-electron chi connectivity index (χ1n) is 4.06. The molecule has 3 nitrogen and oxygen atoms in total. The average Bonchev–Trinajstić information content (AvgIpc) is 1.87. The third-order valence-corrected chi connectivity index (χ3v) is 1.54. The lowest BCUT2D eigenvalue weighted by atomic mass is 10.2. The van der Waals surface area contributed by atoms with E-state index in [0.29, 0.717) is 6.54 Å². The number of hydrogen-bond donors (Lipinski definition) is 2. The summed E-state index contributed by atoms with van der Waals surface area (Å²) >= 11 is 0. The van der Waals surface area contributed by atoms with Gasteiger partial charge in [0.1, 0.15) is 6.54 Å². The van der Waals surface area contributed by atoms with Crippen molar-refractivity contribution >= 4 is 0 Å². The highest BCUT2D eigenvalue weighted by molar-refractivity contribution is 4.62.